The molecule has 236 valence electrons. The Labute approximate surface area is 262 Å². The molecule has 1 spiro atoms. The van der Waals surface area contributed by atoms with E-state index in [0.717, 1.165) is 28.4 Å². The number of phenols is 2. The molecule has 2 N–H and O–H groups in total. The lowest BCUT2D eigenvalue weighted by molar-refractivity contribution is -0.179. The third-order valence-corrected chi connectivity index (χ3v) is 10.3. The van der Waals surface area contributed by atoms with Crippen molar-refractivity contribution in [1.82, 2.24) is 0 Å². The molecule has 6 nitrogen and oxygen atoms in total. The van der Waals surface area contributed by atoms with Gasteiger partial charge in [0.1, 0.15) is 22.9 Å². The second-order valence-corrected chi connectivity index (χ2v) is 14.5. The van der Waals surface area contributed by atoms with E-state index in [9.17, 15) is 15.0 Å². The van der Waals surface area contributed by atoms with Crippen molar-refractivity contribution < 1.29 is 29.3 Å². The van der Waals surface area contributed by atoms with E-state index in [1.54, 1.807) is 0 Å². The van der Waals surface area contributed by atoms with Crippen molar-refractivity contribution in [1.29, 1.82) is 0 Å². The Bertz CT molecular complexity index is 1540. The van der Waals surface area contributed by atoms with Gasteiger partial charge in [0.2, 0.25) is 0 Å². The molecule has 44 heavy (non-hydrogen) atoms. The molecule has 3 aliphatic rings. The molecule has 0 radical (unpaired) electrons. The summed E-state index contributed by atoms with van der Waals surface area (Å²) in [6.07, 6.45) is 7.26. The number of hydrogen-bond acceptors (Lipinski definition) is 6. The Morgan fingerprint density at radius 2 is 1.59 bits per heavy atom. The van der Waals surface area contributed by atoms with Crippen molar-refractivity contribution in [2.45, 2.75) is 94.1 Å². The fourth-order valence-electron chi connectivity index (χ4n) is 7.63. The topological polar surface area (TPSA) is 101 Å². The molecule has 5 atom stereocenters. The molecular weight excluding hydrogens is 552 g/mol. The highest BCUT2D eigenvalue weighted by molar-refractivity contribution is 6.35. The zero-order valence-corrected chi connectivity index (χ0v) is 27.8. The van der Waals surface area contributed by atoms with Crippen LogP contribution in [0, 0.1) is 28.1 Å². The maximum absolute atomic E-state index is 15.3. The summed E-state index contributed by atoms with van der Waals surface area (Å²) in [5.74, 6) is -2.27. The molecule has 1 aromatic carbocycles. The maximum Gasteiger partial charge on any atom is 0.200 e. The van der Waals surface area contributed by atoms with Gasteiger partial charge in [-0.05, 0) is 110 Å². The van der Waals surface area contributed by atoms with E-state index in [4.69, 9.17) is 4.74 Å². The van der Waals surface area contributed by atoms with Crippen LogP contribution >= 0.6 is 0 Å². The van der Waals surface area contributed by atoms with E-state index < -0.39 is 39.7 Å². The van der Waals surface area contributed by atoms with Crippen molar-refractivity contribution in [2.75, 3.05) is 0 Å². The Morgan fingerprint density at radius 1 is 0.955 bits per heavy atom. The van der Waals surface area contributed by atoms with Crippen LogP contribution in [0.5, 0.6) is 11.5 Å². The minimum Gasteiger partial charge on any atom is -0.504 e. The highest BCUT2D eigenvalue weighted by Crippen LogP contribution is 2.68. The molecule has 1 saturated heterocycles. The minimum absolute atomic E-state index is 0.0411. The van der Waals surface area contributed by atoms with Crippen LogP contribution < -0.4 is 0 Å². The lowest BCUT2D eigenvalue weighted by Crippen LogP contribution is -2.68. The molecule has 1 heterocycles. The lowest BCUT2D eigenvalue weighted by atomic mass is 9.39. The predicted molar refractivity (Wildman–Crippen MR) is 173 cm³/mol. The molecule has 2 bridgehead atoms. The van der Waals surface area contributed by atoms with Gasteiger partial charge in [-0.25, -0.2) is 0 Å². The summed E-state index contributed by atoms with van der Waals surface area (Å²) in [5.41, 5.74) is 0.416. The number of ketones is 3. The van der Waals surface area contributed by atoms with Gasteiger partial charge in [-0.1, -0.05) is 54.9 Å². The largest absolute Gasteiger partial charge is 0.504 e. The summed E-state index contributed by atoms with van der Waals surface area (Å²) in [6, 6.07) is 3.78. The molecule has 1 saturated carbocycles. The van der Waals surface area contributed by atoms with Crippen LogP contribution in [0.3, 0.4) is 0 Å². The number of carbonyl (C=O) groups excluding carboxylic acids is 3. The first-order valence-corrected chi connectivity index (χ1v) is 15.6. The Hall–Kier alpha value is -3.67. The number of Topliss-reactive ketones (excluding diaryl/α,β-unsaturated/α-hetero) is 3. The van der Waals surface area contributed by atoms with Crippen LogP contribution in [0.25, 0.3) is 0 Å². The Morgan fingerprint density at radius 3 is 2.14 bits per heavy atom. The fraction of sp³-hybridized carbons (Fsp3) is 0.500. The van der Waals surface area contributed by atoms with Crippen LogP contribution in [-0.4, -0.2) is 33.7 Å². The first-order valence-electron chi connectivity index (χ1n) is 15.6. The molecule has 0 amide bonds. The Balaban J connectivity index is 2.13. The number of rotatable bonds is 8. The SMILES string of the molecule is C=C(C)[C@@H]1C[C@]23C[C@@H](CC=C(C)C)C(C)(C)[C@](CC=C(C)C)(C(=O)C(C(=O)c4ccc(O)c(O)c4)=C2O[C@H]1C=C(C)C)C3=O. The number of carbonyl (C=O) groups is 3. The number of hydrogen-bond donors (Lipinski definition) is 2. The van der Waals surface area contributed by atoms with Crippen molar-refractivity contribution in [3.05, 3.63) is 82.2 Å². The standard InChI is InChI=1S/C38H48O6/c1-21(2)11-13-26-19-37-20-27(24(7)8)30(17-23(5)6)44-34(37)31(32(41)25-12-14-28(39)29(40)18-25)33(42)38(35(37)43,36(26,9)10)16-15-22(3)4/h11-12,14-15,17-18,26-27,30,39-40H,7,13,16,19-20H2,1-6,8-10H3/t26-,27+,30+,37-,38-/m1/s1. The highest BCUT2D eigenvalue weighted by Gasteiger charge is 2.74. The number of phenolic OH excluding ortho intramolecular Hbond substituents is 2. The number of aromatic hydroxyl groups is 2. The van der Waals surface area contributed by atoms with Gasteiger partial charge in [0.15, 0.2) is 28.8 Å². The average molecular weight is 601 g/mol. The number of allylic oxidation sites excluding steroid dienone is 7. The molecule has 0 aromatic heterocycles. The van der Waals surface area contributed by atoms with E-state index in [1.165, 1.54) is 12.1 Å². The molecule has 0 unspecified atom stereocenters. The van der Waals surface area contributed by atoms with Gasteiger partial charge in [0.25, 0.3) is 0 Å². The van der Waals surface area contributed by atoms with E-state index in [1.807, 2.05) is 74.5 Å². The third kappa shape index (κ3) is 5.20. The summed E-state index contributed by atoms with van der Waals surface area (Å²) < 4.78 is 6.75. The summed E-state index contributed by atoms with van der Waals surface area (Å²) in [4.78, 5) is 44.9. The van der Waals surface area contributed by atoms with E-state index in [0.29, 0.717) is 19.3 Å². The Kier molecular flexibility index (Phi) is 8.82. The zero-order valence-electron chi connectivity index (χ0n) is 27.8. The third-order valence-electron chi connectivity index (χ3n) is 10.3. The fourth-order valence-corrected chi connectivity index (χ4v) is 7.63. The second-order valence-electron chi connectivity index (χ2n) is 14.5. The normalized spacial score (nSPS) is 28.8. The lowest BCUT2D eigenvalue weighted by Gasteiger charge is -2.63. The molecule has 6 heteroatoms. The van der Waals surface area contributed by atoms with Crippen molar-refractivity contribution in [2.24, 2.45) is 28.1 Å². The van der Waals surface area contributed by atoms with Crippen LogP contribution in [0.2, 0.25) is 0 Å². The second kappa shape index (κ2) is 11.7. The summed E-state index contributed by atoms with van der Waals surface area (Å²) in [5, 5.41) is 20.2. The minimum atomic E-state index is -1.51. The van der Waals surface area contributed by atoms with Crippen LogP contribution in [0.1, 0.15) is 98.4 Å². The van der Waals surface area contributed by atoms with Crippen molar-refractivity contribution >= 4 is 17.3 Å². The number of benzene rings is 1. The molecule has 1 aromatic rings. The monoisotopic (exact) mass is 600 g/mol. The maximum atomic E-state index is 15.3. The number of ether oxygens (including phenoxy) is 1. The summed E-state index contributed by atoms with van der Waals surface area (Å²) in [6.45, 7) is 22.1. The summed E-state index contributed by atoms with van der Waals surface area (Å²) in [7, 11) is 0. The van der Waals surface area contributed by atoms with Crippen molar-refractivity contribution in [3.63, 3.8) is 0 Å². The van der Waals surface area contributed by atoms with E-state index in [2.05, 4.69) is 12.7 Å². The smallest absolute Gasteiger partial charge is 0.200 e. The van der Waals surface area contributed by atoms with Crippen LogP contribution in [0.4, 0.5) is 0 Å². The van der Waals surface area contributed by atoms with Crippen LogP contribution in [0.15, 0.2) is 76.6 Å². The molecule has 2 aliphatic carbocycles. The van der Waals surface area contributed by atoms with Gasteiger partial charge in [-0.2, -0.15) is 0 Å². The quantitative estimate of drug-likeness (QED) is 0.102. The average Bonchev–Trinajstić information content (AvgIpc) is 2.91. The van der Waals surface area contributed by atoms with Gasteiger partial charge in [-0.3, -0.25) is 14.4 Å². The zero-order chi connectivity index (χ0) is 32.9. The van der Waals surface area contributed by atoms with E-state index >= 15 is 9.59 Å². The molecule has 2 fully saturated rings. The number of fused-ring (bicyclic) bond motifs is 1. The predicted octanol–water partition coefficient (Wildman–Crippen LogP) is 8.37. The van der Waals surface area contributed by atoms with Crippen LogP contribution in [-0.2, 0) is 14.3 Å². The van der Waals surface area contributed by atoms with Gasteiger partial charge < -0.3 is 14.9 Å². The first-order chi connectivity index (χ1) is 20.4. The summed E-state index contributed by atoms with van der Waals surface area (Å²) >= 11 is 0. The van der Waals surface area contributed by atoms with Crippen molar-refractivity contribution in [3.8, 4) is 11.5 Å². The molecular formula is C38H48O6. The first kappa shape index (κ1) is 33.2. The van der Waals surface area contributed by atoms with Gasteiger partial charge in [-0.15, -0.1) is 0 Å². The molecule has 4 rings (SSSR count). The van der Waals surface area contributed by atoms with Gasteiger partial charge in [0, 0.05) is 11.5 Å². The van der Waals surface area contributed by atoms with Gasteiger partial charge in [0.05, 0.1) is 5.41 Å². The van der Waals surface area contributed by atoms with Gasteiger partial charge >= 0.3 is 0 Å². The molecule has 1 aliphatic heterocycles. The van der Waals surface area contributed by atoms with E-state index in [-0.39, 0.29) is 46.7 Å². The highest BCUT2D eigenvalue weighted by atomic mass is 16.5.